The Hall–Kier alpha value is -1.10. The average molecular weight is 283 g/mol. The number of halogens is 1. The van der Waals surface area contributed by atoms with Crippen molar-refractivity contribution in [1.82, 2.24) is 10.3 Å². The van der Waals surface area contributed by atoms with Gasteiger partial charge in [-0.05, 0) is 29.6 Å². The fraction of sp³-hybridized carbons (Fsp3) is 0.308. The van der Waals surface area contributed by atoms with Crippen molar-refractivity contribution in [3.63, 3.8) is 0 Å². The van der Waals surface area contributed by atoms with Gasteiger partial charge in [0, 0.05) is 11.1 Å². The molecule has 3 nitrogen and oxygen atoms in total. The minimum Gasteiger partial charge on any atom is -0.495 e. The van der Waals surface area contributed by atoms with Crippen LogP contribution in [0.1, 0.15) is 23.4 Å². The molecule has 0 aromatic carbocycles. The SMILES string of the molecule is CCNC(c1cncc(OC)c1)c1sccc1Cl. The second kappa shape index (κ2) is 6.18. The van der Waals surface area contributed by atoms with Crippen LogP contribution in [0.5, 0.6) is 5.75 Å². The van der Waals surface area contributed by atoms with Gasteiger partial charge in [0.05, 0.1) is 24.4 Å². The van der Waals surface area contributed by atoms with E-state index >= 15 is 0 Å². The fourth-order valence-electron chi connectivity index (χ4n) is 1.78. The Morgan fingerprint density at radius 2 is 2.33 bits per heavy atom. The zero-order chi connectivity index (χ0) is 13.0. The molecule has 1 N–H and O–H groups in total. The summed E-state index contributed by atoms with van der Waals surface area (Å²) in [6, 6.07) is 3.96. The molecule has 0 saturated heterocycles. The zero-order valence-electron chi connectivity index (χ0n) is 10.3. The van der Waals surface area contributed by atoms with Gasteiger partial charge in [-0.3, -0.25) is 4.98 Å². The summed E-state index contributed by atoms with van der Waals surface area (Å²) in [5, 5.41) is 6.21. The van der Waals surface area contributed by atoms with Gasteiger partial charge in [0.1, 0.15) is 5.75 Å². The number of thiophene rings is 1. The minimum atomic E-state index is 0.0603. The Morgan fingerprint density at radius 3 is 2.94 bits per heavy atom. The topological polar surface area (TPSA) is 34.2 Å². The van der Waals surface area contributed by atoms with Crippen LogP contribution >= 0.6 is 22.9 Å². The number of ether oxygens (including phenoxy) is 1. The largest absolute Gasteiger partial charge is 0.495 e. The summed E-state index contributed by atoms with van der Waals surface area (Å²) in [6.07, 6.45) is 3.54. The average Bonchev–Trinajstić information content (AvgIpc) is 2.82. The molecule has 1 atom stereocenters. The van der Waals surface area contributed by atoms with Gasteiger partial charge < -0.3 is 10.1 Å². The minimum absolute atomic E-state index is 0.0603. The number of methoxy groups -OCH3 is 1. The summed E-state index contributed by atoms with van der Waals surface area (Å²) in [5.74, 6) is 0.753. The standard InChI is InChI=1S/C13H15ClN2OS/c1-3-16-12(13-11(14)4-5-18-13)9-6-10(17-2)8-15-7-9/h4-8,12,16H,3H2,1-2H3. The summed E-state index contributed by atoms with van der Waals surface area (Å²) >= 11 is 7.86. The van der Waals surface area contributed by atoms with Crippen LogP contribution in [0.3, 0.4) is 0 Å². The van der Waals surface area contributed by atoms with Gasteiger partial charge in [-0.1, -0.05) is 18.5 Å². The lowest BCUT2D eigenvalue weighted by Gasteiger charge is -2.17. The smallest absolute Gasteiger partial charge is 0.137 e. The highest BCUT2D eigenvalue weighted by atomic mass is 35.5. The maximum absolute atomic E-state index is 6.21. The van der Waals surface area contributed by atoms with Gasteiger partial charge >= 0.3 is 0 Å². The van der Waals surface area contributed by atoms with Crippen LogP contribution in [0.2, 0.25) is 5.02 Å². The van der Waals surface area contributed by atoms with E-state index in [1.54, 1.807) is 24.6 Å². The molecule has 2 aromatic rings. The van der Waals surface area contributed by atoms with Gasteiger partial charge in [-0.2, -0.15) is 0 Å². The Bertz CT molecular complexity index is 515. The zero-order valence-corrected chi connectivity index (χ0v) is 11.9. The Morgan fingerprint density at radius 1 is 1.50 bits per heavy atom. The Labute approximate surface area is 116 Å². The predicted octanol–water partition coefficient (Wildman–Crippen LogP) is 3.50. The van der Waals surface area contributed by atoms with E-state index in [-0.39, 0.29) is 6.04 Å². The molecule has 2 heterocycles. The summed E-state index contributed by atoms with van der Waals surface area (Å²) in [4.78, 5) is 5.30. The molecule has 18 heavy (non-hydrogen) atoms. The summed E-state index contributed by atoms with van der Waals surface area (Å²) in [6.45, 7) is 2.93. The molecule has 0 aliphatic heterocycles. The highest BCUT2D eigenvalue weighted by molar-refractivity contribution is 7.10. The molecule has 2 rings (SSSR count). The van der Waals surface area contributed by atoms with Gasteiger partial charge in [0.2, 0.25) is 0 Å². The molecule has 0 amide bonds. The second-order valence-electron chi connectivity index (χ2n) is 3.78. The van der Waals surface area contributed by atoms with Crippen LogP contribution in [0.4, 0.5) is 0 Å². The Kier molecular flexibility index (Phi) is 4.58. The predicted molar refractivity (Wildman–Crippen MR) is 75.6 cm³/mol. The third kappa shape index (κ3) is 2.83. The van der Waals surface area contributed by atoms with Crippen LogP contribution in [-0.2, 0) is 0 Å². The van der Waals surface area contributed by atoms with Crippen molar-refractivity contribution in [3.05, 3.63) is 45.4 Å². The number of hydrogen-bond acceptors (Lipinski definition) is 4. The van der Waals surface area contributed by atoms with E-state index in [1.807, 2.05) is 23.7 Å². The van der Waals surface area contributed by atoms with Crippen LogP contribution in [0, 0.1) is 0 Å². The molecule has 0 saturated carbocycles. The molecule has 0 fully saturated rings. The molecule has 0 radical (unpaired) electrons. The normalized spacial score (nSPS) is 12.4. The lowest BCUT2D eigenvalue weighted by Crippen LogP contribution is -2.21. The van der Waals surface area contributed by atoms with Crippen molar-refractivity contribution in [3.8, 4) is 5.75 Å². The quantitative estimate of drug-likeness (QED) is 0.911. The third-order valence-electron chi connectivity index (χ3n) is 2.62. The first kappa shape index (κ1) is 13.3. The van der Waals surface area contributed by atoms with Crippen LogP contribution < -0.4 is 10.1 Å². The van der Waals surface area contributed by atoms with Crippen molar-refractivity contribution in [1.29, 1.82) is 0 Å². The first-order valence-corrected chi connectivity index (χ1v) is 6.97. The van der Waals surface area contributed by atoms with Crippen molar-refractivity contribution in [2.75, 3.05) is 13.7 Å². The van der Waals surface area contributed by atoms with Gasteiger partial charge in [0.15, 0.2) is 0 Å². The van der Waals surface area contributed by atoms with E-state index in [9.17, 15) is 0 Å². The van der Waals surface area contributed by atoms with E-state index in [0.717, 1.165) is 27.8 Å². The molecule has 5 heteroatoms. The van der Waals surface area contributed by atoms with E-state index in [4.69, 9.17) is 16.3 Å². The van der Waals surface area contributed by atoms with Crippen LogP contribution in [-0.4, -0.2) is 18.6 Å². The molecular formula is C13H15ClN2OS. The van der Waals surface area contributed by atoms with Gasteiger partial charge in [-0.25, -0.2) is 0 Å². The van der Waals surface area contributed by atoms with Crippen LogP contribution in [0.15, 0.2) is 29.9 Å². The van der Waals surface area contributed by atoms with Crippen LogP contribution in [0.25, 0.3) is 0 Å². The highest BCUT2D eigenvalue weighted by Gasteiger charge is 2.18. The lowest BCUT2D eigenvalue weighted by molar-refractivity contribution is 0.411. The number of nitrogens with zero attached hydrogens (tertiary/aromatic N) is 1. The summed E-state index contributed by atoms with van der Waals surface area (Å²) < 4.78 is 5.21. The van der Waals surface area contributed by atoms with E-state index in [1.165, 1.54) is 0 Å². The van der Waals surface area contributed by atoms with E-state index in [2.05, 4.69) is 17.2 Å². The molecule has 0 aliphatic rings. The fourth-order valence-corrected chi connectivity index (χ4v) is 3.05. The molecule has 0 bridgehead atoms. The van der Waals surface area contributed by atoms with Crippen molar-refractivity contribution in [2.45, 2.75) is 13.0 Å². The molecule has 1 unspecified atom stereocenters. The van der Waals surface area contributed by atoms with Gasteiger partial charge in [-0.15, -0.1) is 11.3 Å². The number of aromatic nitrogens is 1. The van der Waals surface area contributed by atoms with Gasteiger partial charge in [0.25, 0.3) is 0 Å². The monoisotopic (exact) mass is 282 g/mol. The van der Waals surface area contributed by atoms with Crippen molar-refractivity contribution >= 4 is 22.9 Å². The van der Waals surface area contributed by atoms with E-state index in [0.29, 0.717) is 0 Å². The molecule has 2 aromatic heterocycles. The first-order chi connectivity index (χ1) is 8.76. The molecule has 96 valence electrons. The number of hydrogen-bond donors (Lipinski definition) is 1. The summed E-state index contributed by atoms with van der Waals surface area (Å²) in [5.41, 5.74) is 1.06. The third-order valence-corrected chi connectivity index (χ3v) is 4.04. The maximum atomic E-state index is 6.21. The molecule has 0 aliphatic carbocycles. The molecule has 0 spiro atoms. The van der Waals surface area contributed by atoms with Crippen molar-refractivity contribution in [2.24, 2.45) is 0 Å². The maximum Gasteiger partial charge on any atom is 0.137 e. The second-order valence-corrected chi connectivity index (χ2v) is 5.14. The number of pyridine rings is 1. The number of nitrogens with one attached hydrogen (secondary N) is 1. The van der Waals surface area contributed by atoms with Crippen molar-refractivity contribution < 1.29 is 4.74 Å². The lowest BCUT2D eigenvalue weighted by atomic mass is 10.1. The summed E-state index contributed by atoms with van der Waals surface area (Å²) in [7, 11) is 1.64. The Balaban J connectivity index is 2.38. The molecular weight excluding hydrogens is 268 g/mol. The first-order valence-electron chi connectivity index (χ1n) is 5.71. The van der Waals surface area contributed by atoms with E-state index < -0.39 is 0 Å². The highest BCUT2D eigenvalue weighted by Crippen LogP contribution is 2.33. The number of rotatable bonds is 5.